The summed E-state index contributed by atoms with van der Waals surface area (Å²) >= 11 is 11.0. The van der Waals surface area contributed by atoms with E-state index >= 15 is 0 Å². The van der Waals surface area contributed by atoms with Gasteiger partial charge in [-0.15, -0.1) is 12.4 Å². The molecule has 0 radical (unpaired) electrons. The van der Waals surface area contributed by atoms with Crippen LogP contribution < -0.4 is 21.7 Å². The predicted molar refractivity (Wildman–Crippen MR) is 87.9 cm³/mol. The second-order valence-electron chi connectivity index (χ2n) is 3.62. The fourth-order valence-corrected chi connectivity index (χ4v) is 1.95. The van der Waals surface area contributed by atoms with Gasteiger partial charge in [0.1, 0.15) is 0 Å². The van der Waals surface area contributed by atoms with Gasteiger partial charge in [0, 0.05) is 12.1 Å². The highest BCUT2D eigenvalue weighted by Crippen LogP contribution is 2.27. The summed E-state index contributed by atoms with van der Waals surface area (Å²) in [6.07, 6.45) is 0. The van der Waals surface area contributed by atoms with Crippen molar-refractivity contribution >= 4 is 58.9 Å². The number of nitrogens with one attached hydrogen (secondary N) is 2. The van der Waals surface area contributed by atoms with Crippen LogP contribution in [0.4, 0.5) is 5.69 Å². The van der Waals surface area contributed by atoms with E-state index in [0.717, 1.165) is 0 Å². The average molecular weight is 336 g/mol. The van der Waals surface area contributed by atoms with Crippen molar-refractivity contribution < 1.29 is 4.79 Å². The minimum atomic E-state index is -0.496. The summed E-state index contributed by atoms with van der Waals surface area (Å²) in [5.41, 5.74) is 11.6. The highest BCUT2D eigenvalue weighted by atomic mass is 35.5. The molecule has 0 aliphatic carbocycles. The van der Waals surface area contributed by atoms with Crippen LogP contribution in [0.25, 0.3) is 0 Å². The molecule has 6 nitrogen and oxygen atoms in total. The van der Waals surface area contributed by atoms with Crippen LogP contribution in [-0.4, -0.2) is 23.5 Å². The van der Waals surface area contributed by atoms with E-state index in [1.807, 2.05) is 6.92 Å². The number of carbonyl (C=O) groups is 1. The summed E-state index contributed by atoms with van der Waals surface area (Å²) in [5, 5.41) is 9.80. The lowest BCUT2D eigenvalue weighted by molar-refractivity contribution is 0.0976. The van der Waals surface area contributed by atoms with E-state index in [1.54, 1.807) is 17.0 Å². The summed E-state index contributed by atoms with van der Waals surface area (Å²) in [5.74, 6) is -0.924. The van der Waals surface area contributed by atoms with Crippen LogP contribution in [0.2, 0.25) is 5.02 Å². The molecule has 0 saturated carbocycles. The molecule has 1 rings (SSSR count). The molecule has 0 fully saturated rings. The number of nitrogens with two attached hydrogens (primary N) is 2. The highest BCUT2D eigenvalue weighted by Gasteiger charge is 2.15. The van der Waals surface area contributed by atoms with Gasteiger partial charge in [0.25, 0.3) is 5.91 Å². The molecule has 0 atom stereocenters. The molecule has 0 bridgehead atoms. The van der Waals surface area contributed by atoms with Gasteiger partial charge in [-0.2, -0.15) is 0 Å². The maximum atomic E-state index is 11.7. The fourth-order valence-electron chi connectivity index (χ4n) is 1.50. The molecular formula is C11H15Cl2N5OS. The van der Waals surface area contributed by atoms with Gasteiger partial charge in [-0.3, -0.25) is 15.5 Å². The first-order valence-electron chi connectivity index (χ1n) is 5.38. The zero-order valence-corrected chi connectivity index (χ0v) is 13.0. The molecule has 0 aromatic heterocycles. The lowest BCUT2D eigenvalue weighted by Gasteiger charge is -2.22. The SMILES string of the molecule is CCN(C(N)=S)c1cc(C(=O)NC(=N)N)ccc1Cl.Cl. The molecule has 0 heterocycles. The van der Waals surface area contributed by atoms with Gasteiger partial charge in [0.15, 0.2) is 11.1 Å². The zero-order chi connectivity index (χ0) is 14.6. The number of anilines is 1. The van der Waals surface area contributed by atoms with E-state index in [-0.39, 0.29) is 17.5 Å². The van der Waals surface area contributed by atoms with Crippen molar-refractivity contribution in [2.75, 3.05) is 11.4 Å². The Kier molecular flexibility index (Phi) is 7.26. The minimum absolute atomic E-state index is 0. The van der Waals surface area contributed by atoms with Gasteiger partial charge in [0.05, 0.1) is 10.7 Å². The maximum Gasteiger partial charge on any atom is 0.258 e. The average Bonchev–Trinajstić information content (AvgIpc) is 2.30. The first kappa shape index (κ1) is 18.4. The second-order valence-corrected chi connectivity index (χ2v) is 4.44. The number of thiocarbonyl (C=S) groups is 1. The fraction of sp³-hybridized carbons (Fsp3) is 0.182. The number of rotatable bonds is 3. The molecule has 1 aromatic carbocycles. The Morgan fingerprint density at radius 3 is 2.55 bits per heavy atom. The van der Waals surface area contributed by atoms with Crippen molar-refractivity contribution in [2.45, 2.75) is 6.92 Å². The van der Waals surface area contributed by atoms with Crippen LogP contribution >= 0.6 is 36.2 Å². The van der Waals surface area contributed by atoms with Crippen molar-refractivity contribution in [3.05, 3.63) is 28.8 Å². The zero-order valence-electron chi connectivity index (χ0n) is 10.6. The molecule has 0 saturated heterocycles. The number of hydrogen-bond acceptors (Lipinski definition) is 3. The smallest absolute Gasteiger partial charge is 0.258 e. The standard InChI is InChI=1S/C11H14ClN5OS.ClH/c1-2-17(11(15)19)8-5-6(3-4-7(8)12)9(18)16-10(13)14;/h3-5H,2H2,1H3,(H2,15,19)(H4,13,14,16,18);1H. The summed E-state index contributed by atoms with van der Waals surface area (Å²) < 4.78 is 0. The molecule has 1 aromatic rings. The number of guanidine groups is 1. The normalized spacial score (nSPS) is 9.30. The van der Waals surface area contributed by atoms with Crippen LogP contribution in [0.1, 0.15) is 17.3 Å². The summed E-state index contributed by atoms with van der Waals surface area (Å²) in [6, 6.07) is 4.63. The van der Waals surface area contributed by atoms with Gasteiger partial charge < -0.3 is 16.4 Å². The summed E-state index contributed by atoms with van der Waals surface area (Å²) in [7, 11) is 0. The van der Waals surface area contributed by atoms with Gasteiger partial charge in [0.2, 0.25) is 0 Å². The summed E-state index contributed by atoms with van der Waals surface area (Å²) in [4.78, 5) is 13.3. The van der Waals surface area contributed by atoms with Crippen LogP contribution in [0.15, 0.2) is 18.2 Å². The molecule has 0 aliphatic heterocycles. The molecule has 6 N–H and O–H groups in total. The Morgan fingerprint density at radius 1 is 1.50 bits per heavy atom. The van der Waals surface area contributed by atoms with Gasteiger partial charge >= 0.3 is 0 Å². The number of nitrogens with zero attached hydrogens (tertiary/aromatic N) is 1. The molecule has 1 amide bonds. The number of benzene rings is 1. The largest absolute Gasteiger partial charge is 0.376 e. The van der Waals surface area contributed by atoms with E-state index in [0.29, 0.717) is 22.8 Å². The lowest BCUT2D eigenvalue weighted by Crippen LogP contribution is -2.37. The molecule has 9 heteroatoms. The second kappa shape index (κ2) is 7.88. The first-order chi connectivity index (χ1) is 8.86. The van der Waals surface area contributed by atoms with Crippen LogP contribution in [-0.2, 0) is 0 Å². The van der Waals surface area contributed by atoms with Gasteiger partial charge in [-0.1, -0.05) is 11.6 Å². The maximum absolute atomic E-state index is 11.7. The van der Waals surface area contributed by atoms with Crippen LogP contribution in [0, 0.1) is 5.41 Å². The number of amides is 1. The van der Waals surface area contributed by atoms with Gasteiger partial charge in [-0.05, 0) is 37.3 Å². The van der Waals surface area contributed by atoms with Crippen molar-refractivity contribution in [3.8, 4) is 0 Å². The quantitative estimate of drug-likeness (QED) is 0.380. The van der Waals surface area contributed by atoms with Crippen molar-refractivity contribution in [2.24, 2.45) is 11.5 Å². The Hall–Kier alpha value is -1.57. The number of carbonyl (C=O) groups excluding carboxylic acids is 1. The van der Waals surface area contributed by atoms with Crippen LogP contribution in [0.5, 0.6) is 0 Å². The third-order valence-electron chi connectivity index (χ3n) is 2.33. The van der Waals surface area contributed by atoms with Gasteiger partial charge in [-0.25, -0.2) is 0 Å². The minimum Gasteiger partial charge on any atom is -0.376 e. The third kappa shape index (κ3) is 4.52. The topological polar surface area (TPSA) is 108 Å². The number of halogens is 2. The van der Waals surface area contributed by atoms with E-state index in [4.69, 9.17) is 40.7 Å². The molecule has 0 spiro atoms. The number of hydrogen-bond donors (Lipinski definition) is 4. The van der Waals surface area contributed by atoms with Crippen molar-refractivity contribution in [1.29, 1.82) is 5.41 Å². The van der Waals surface area contributed by atoms with Crippen molar-refractivity contribution in [1.82, 2.24) is 5.32 Å². The molecular weight excluding hydrogens is 321 g/mol. The molecule has 110 valence electrons. The lowest BCUT2D eigenvalue weighted by atomic mass is 10.1. The molecule has 0 unspecified atom stereocenters. The van der Waals surface area contributed by atoms with E-state index in [9.17, 15) is 4.79 Å². The monoisotopic (exact) mass is 335 g/mol. The molecule has 0 aliphatic rings. The van der Waals surface area contributed by atoms with Crippen LogP contribution in [0.3, 0.4) is 0 Å². The Labute approximate surface area is 133 Å². The molecule has 20 heavy (non-hydrogen) atoms. The van der Waals surface area contributed by atoms with E-state index < -0.39 is 11.9 Å². The Balaban J connectivity index is 0.00000361. The predicted octanol–water partition coefficient (Wildman–Crippen LogP) is 1.45. The third-order valence-corrected chi connectivity index (χ3v) is 2.87. The highest BCUT2D eigenvalue weighted by molar-refractivity contribution is 7.80. The van der Waals surface area contributed by atoms with E-state index in [2.05, 4.69) is 5.32 Å². The Bertz CT molecular complexity index is 538. The Morgan fingerprint density at radius 2 is 2.10 bits per heavy atom. The first-order valence-corrected chi connectivity index (χ1v) is 6.17. The summed E-state index contributed by atoms with van der Waals surface area (Å²) in [6.45, 7) is 2.38. The van der Waals surface area contributed by atoms with Crippen molar-refractivity contribution in [3.63, 3.8) is 0 Å². The van der Waals surface area contributed by atoms with E-state index in [1.165, 1.54) is 6.07 Å².